The van der Waals surface area contributed by atoms with Crippen LogP contribution in [0.25, 0.3) is 0 Å². The summed E-state index contributed by atoms with van der Waals surface area (Å²) in [6, 6.07) is 2.17. The molecule has 17 heavy (non-hydrogen) atoms. The molecule has 1 aliphatic heterocycles. The minimum Gasteiger partial charge on any atom is -0.469 e. The van der Waals surface area contributed by atoms with E-state index in [1.54, 1.807) is 12.3 Å². The van der Waals surface area contributed by atoms with E-state index in [1.165, 1.54) is 0 Å². The van der Waals surface area contributed by atoms with Gasteiger partial charge in [-0.05, 0) is 32.9 Å². The number of hydrogen-bond acceptors (Lipinski definition) is 3. The Balaban J connectivity index is 0.00000144. The van der Waals surface area contributed by atoms with Crippen LogP contribution in [-0.2, 0) is 0 Å². The molecule has 1 aromatic rings. The van der Waals surface area contributed by atoms with Gasteiger partial charge in [-0.2, -0.15) is 0 Å². The molecule has 0 aliphatic carbocycles. The van der Waals surface area contributed by atoms with Crippen molar-refractivity contribution in [2.45, 2.75) is 25.8 Å². The fourth-order valence-electron chi connectivity index (χ4n) is 2.17. The third-order valence-electron chi connectivity index (χ3n) is 3.21. The van der Waals surface area contributed by atoms with Crippen LogP contribution in [0.1, 0.15) is 29.0 Å². The van der Waals surface area contributed by atoms with Crippen LogP contribution in [0.4, 0.5) is 0 Å². The third kappa shape index (κ3) is 3.01. The van der Waals surface area contributed by atoms with Crippen molar-refractivity contribution in [2.24, 2.45) is 0 Å². The summed E-state index contributed by atoms with van der Waals surface area (Å²) < 4.78 is 5.17. The van der Waals surface area contributed by atoms with Gasteiger partial charge in [0.15, 0.2) is 0 Å². The zero-order valence-electron chi connectivity index (χ0n) is 10.2. The molecule has 0 bridgehead atoms. The number of furan rings is 1. The molecule has 1 fully saturated rings. The van der Waals surface area contributed by atoms with E-state index in [0.29, 0.717) is 17.4 Å². The molecule has 1 unspecified atom stereocenters. The summed E-state index contributed by atoms with van der Waals surface area (Å²) in [6.07, 6.45) is 3.78. The molecule has 0 aromatic carbocycles. The summed E-state index contributed by atoms with van der Waals surface area (Å²) in [5, 5.41) is 3.23. The molecule has 5 heteroatoms. The number of nitrogens with zero attached hydrogens (tertiary/aromatic N) is 1. The largest absolute Gasteiger partial charge is 0.469 e. The maximum absolute atomic E-state index is 12.2. The lowest BCUT2D eigenvalue weighted by atomic mass is 10.0. The van der Waals surface area contributed by atoms with Gasteiger partial charge in [0.1, 0.15) is 5.76 Å². The van der Waals surface area contributed by atoms with Crippen LogP contribution in [0, 0.1) is 6.92 Å². The number of likely N-dealkylation sites (tertiary alicyclic amines) is 1. The predicted octanol–water partition coefficient (Wildman–Crippen LogP) is 1.83. The number of aryl methyl sites for hydroxylation is 1. The number of carbonyl (C=O) groups excluding carboxylic acids is 1. The fourth-order valence-corrected chi connectivity index (χ4v) is 2.17. The Morgan fingerprint density at radius 3 is 2.94 bits per heavy atom. The Morgan fingerprint density at radius 1 is 1.59 bits per heavy atom. The molecule has 1 aliphatic rings. The van der Waals surface area contributed by atoms with Gasteiger partial charge in [0.25, 0.3) is 5.91 Å². The lowest BCUT2D eigenvalue weighted by Crippen LogP contribution is -2.47. The van der Waals surface area contributed by atoms with E-state index in [0.717, 1.165) is 25.9 Å². The predicted molar refractivity (Wildman–Crippen MR) is 68.7 cm³/mol. The molecule has 1 amide bonds. The van der Waals surface area contributed by atoms with Gasteiger partial charge in [-0.15, -0.1) is 12.4 Å². The van der Waals surface area contributed by atoms with Gasteiger partial charge in [0.05, 0.1) is 11.8 Å². The van der Waals surface area contributed by atoms with Crippen LogP contribution >= 0.6 is 12.4 Å². The molecule has 2 heterocycles. The topological polar surface area (TPSA) is 45.5 Å². The summed E-state index contributed by atoms with van der Waals surface area (Å²) in [5.41, 5.74) is 0.691. The maximum Gasteiger partial charge on any atom is 0.257 e. The monoisotopic (exact) mass is 258 g/mol. The Labute approximate surface area is 108 Å². The van der Waals surface area contributed by atoms with Gasteiger partial charge in [0.2, 0.25) is 0 Å². The van der Waals surface area contributed by atoms with E-state index in [-0.39, 0.29) is 18.3 Å². The second-order valence-electron chi connectivity index (χ2n) is 4.27. The molecule has 0 spiro atoms. The van der Waals surface area contributed by atoms with Gasteiger partial charge in [-0.1, -0.05) is 0 Å². The fraction of sp³-hybridized carbons (Fsp3) is 0.583. The molecule has 1 N–H and O–H groups in total. The molecule has 4 nitrogen and oxygen atoms in total. The minimum atomic E-state index is 0. The SMILES string of the molecule is CNC1CCCN(C(=O)c2ccoc2C)C1.Cl. The first kappa shape index (κ1) is 14.1. The second-order valence-corrected chi connectivity index (χ2v) is 4.27. The lowest BCUT2D eigenvalue weighted by molar-refractivity contribution is 0.0696. The Morgan fingerprint density at radius 2 is 2.35 bits per heavy atom. The van der Waals surface area contributed by atoms with Gasteiger partial charge in [0, 0.05) is 19.1 Å². The smallest absolute Gasteiger partial charge is 0.257 e. The average molecular weight is 259 g/mol. The number of piperidine rings is 1. The molecule has 2 rings (SSSR count). The average Bonchev–Trinajstić information content (AvgIpc) is 2.74. The van der Waals surface area contributed by atoms with E-state index in [9.17, 15) is 4.79 Å². The standard InChI is InChI=1S/C12H18N2O2.ClH/c1-9-11(5-7-16-9)12(15)14-6-3-4-10(8-14)13-2;/h5,7,10,13H,3-4,6,8H2,1-2H3;1H. The highest BCUT2D eigenvalue weighted by molar-refractivity contribution is 5.95. The van der Waals surface area contributed by atoms with E-state index in [4.69, 9.17) is 4.42 Å². The molecule has 0 radical (unpaired) electrons. The lowest BCUT2D eigenvalue weighted by Gasteiger charge is -2.32. The number of halogens is 1. The van der Waals surface area contributed by atoms with E-state index in [1.807, 2.05) is 18.9 Å². The molecular formula is C12H19ClN2O2. The number of nitrogens with one attached hydrogen (secondary N) is 1. The molecule has 1 atom stereocenters. The zero-order valence-corrected chi connectivity index (χ0v) is 11.0. The maximum atomic E-state index is 12.2. The van der Waals surface area contributed by atoms with Gasteiger partial charge < -0.3 is 14.6 Å². The molecule has 96 valence electrons. The molecule has 1 aromatic heterocycles. The highest BCUT2D eigenvalue weighted by Gasteiger charge is 2.25. The quantitative estimate of drug-likeness (QED) is 0.880. The first-order chi connectivity index (χ1) is 7.72. The van der Waals surface area contributed by atoms with Crippen molar-refractivity contribution in [3.8, 4) is 0 Å². The van der Waals surface area contributed by atoms with Crippen LogP contribution in [0.15, 0.2) is 16.7 Å². The highest BCUT2D eigenvalue weighted by atomic mass is 35.5. The van der Waals surface area contributed by atoms with Crippen molar-refractivity contribution >= 4 is 18.3 Å². The van der Waals surface area contributed by atoms with Crippen molar-refractivity contribution in [1.82, 2.24) is 10.2 Å². The van der Waals surface area contributed by atoms with Crippen molar-refractivity contribution < 1.29 is 9.21 Å². The van der Waals surface area contributed by atoms with Gasteiger partial charge in [-0.3, -0.25) is 4.79 Å². The number of rotatable bonds is 2. The minimum absolute atomic E-state index is 0. The first-order valence-corrected chi connectivity index (χ1v) is 5.73. The Kier molecular flexibility index (Phi) is 5.02. The number of likely N-dealkylation sites (N-methyl/N-ethyl adjacent to an activating group) is 1. The first-order valence-electron chi connectivity index (χ1n) is 5.73. The summed E-state index contributed by atoms with van der Waals surface area (Å²) in [4.78, 5) is 14.1. The van der Waals surface area contributed by atoms with E-state index in [2.05, 4.69) is 5.32 Å². The van der Waals surface area contributed by atoms with Crippen molar-refractivity contribution in [3.05, 3.63) is 23.7 Å². The van der Waals surface area contributed by atoms with E-state index >= 15 is 0 Å². The highest BCUT2D eigenvalue weighted by Crippen LogP contribution is 2.16. The normalized spacial score (nSPS) is 19.9. The van der Waals surface area contributed by atoms with Gasteiger partial charge in [-0.25, -0.2) is 0 Å². The summed E-state index contributed by atoms with van der Waals surface area (Å²) in [7, 11) is 1.95. The van der Waals surface area contributed by atoms with Gasteiger partial charge >= 0.3 is 0 Å². The number of amides is 1. The molecule has 1 saturated heterocycles. The van der Waals surface area contributed by atoms with E-state index < -0.39 is 0 Å². The van der Waals surface area contributed by atoms with Crippen LogP contribution < -0.4 is 5.32 Å². The molecular weight excluding hydrogens is 240 g/mol. The van der Waals surface area contributed by atoms with Crippen molar-refractivity contribution in [1.29, 1.82) is 0 Å². The van der Waals surface area contributed by atoms with Crippen LogP contribution in [0.2, 0.25) is 0 Å². The van der Waals surface area contributed by atoms with Crippen LogP contribution in [-0.4, -0.2) is 37.0 Å². The Hall–Kier alpha value is -1.00. The number of hydrogen-bond donors (Lipinski definition) is 1. The third-order valence-corrected chi connectivity index (χ3v) is 3.21. The van der Waals surface area contributed by atoms with Crippen LogP contribution in [0.3, 0.4) is 0 Å². The summed E-state index contributed by atoms with van der Waals surface area (Å²) in [5.74, 6) is 0.794. The summed E-state index contributed by atoms with van der Waals surface area (Å²) >= 11 is 0. The summed E-state index contributed by atoms with van der Waals surface area (Å²) in [6.45, 7) is 3.47. The zero-order chi connectivity index (χ0) is 11.5. The van der Waals surface area contributed by atoms with Crippen molar-refractivity contribution in [3.63, 3.8) is 0 Å². The molecule has 0 saturated carbocycles. The number of carbonyl (C=O) groups is 1. The second kappa shape index (κ2) is 6.07. The Bertz CT molecular complexity index is 378. The van der Waals surface area contributed by atoms with Crippen LogP contribution in [0.5, 0.6) is 0 Å². The van der Waals surface area contributed by atoms with Crippen molar-refractivity contribution in [2.75, 3.05) is 20.1 Å².